The predicted molar refractivity (Wildman–Crippen MR) is 118 cm³/mol. The lowest BCUT2D eigenvalue weighted by atomic mass is 9.64. The number of imide groups is 1. The minimum absolute atomic E-state index is 0.0439. The van der Waals surface area contributed by atoms with Crippen LogP contribution in [0.5, 0.6) is 11.5 Å². The van der Waals surface area contributed by atoms with Gasteiger partial charge >= 0.3 is 11.4 Å². The highest BCUT2D eigenvalue weighted by Crippen LogP contribution is 2.64. The van der Waals surface area contributed by atoms with Crippen molar-refractivity contribution in [3.05, 3.63) is 56.4 Å². The van der Waals surface area contributed by atoms with Gasteiger partial charge in [-0.2, -0.15) is 0 Å². The normalized spacial score (nSPS) is 30.6. The third-order valence-electron chi connectivity index (χ3n) is 7.03. The Morgan fingerprint density at radius 1 is 1.09 bits per heavy atom. The maximum atomic E-state index is 13.4. The van der Waals surface area contributed by atoms with Crippen LogP contribution in [-0.2, 0) is 23.2 Å². The first-order chi connectivity index (χ1) is 15.5. The Balaban J connectivity index is 1.85. The number of ether oxygens (including phenoxy) is 1. The van der Waals surface area contributed by atoms with E-state index in [1.807, 2.05) is 0 Å². The van der Waals surface area contributed by atoms with Gasteiger partial charge in [-0.25, -0.2) is 23.5 Å². The van der Waals surface area contributed by atoms with E-state index in [2.05, 4.69) is 0 Å². The molecule has 2 amide bonds. The molecule has 0 bridgehead atoms. The molecule has 1 aromatic heterocycles. The lowest BCUT2D eigenvalue weighted by molar-refractivity contribution is -0.137. The summed E-state index contributed by atoms with van der Waals surface area (Å²) in [7, 11) is 4.03. The molecule has 33 heavy (non-hydrogen) atoms. The van der Waals surface area contributed by atoms with E-state index in [-0.39, 0.29) is 30.0 Å². The summed E-state index contributed by atoms with van der Waals surface area (Å²) in [4.78, 5) is 49.1. The monoisotopic (exact) mass is 494 g/mol. The van der Waals surface area contributed by atoms with Crippen LogP contribution in [0.3, 0.4) is 0 Å². The van der Waals surface area contributed by atoms with Crippen LogP contribution in [0.1, 0.15) is 23.9 Å². The number of amides is 2. The zero-order chi connectivity index (χ0) is 24.0. The maximum Gasteiger partial charge on any atom is 0.347 e. The van der Waals surface area contributed by atoms with Gasteiger partial charge < -0.3 is 9.84 Å². The van der Waals surface area contributed by atoms with Gasteiger partial charge in [0.2, 0.25) is 0 Å². The highest BCUT2D eigenvalue weighted by Gasteiger charge is 2.75. The SMILES string of the molecule is COc1cccc([C@H]2C3=CCn4c(=O)n(C)c(=O)n4[C@@H]3C[C@@]3(Cl)C(=O)N(C)C(=O)[C@@]23Cl)c1O. The van der Waals surface area contributed by atoms with Gasteiger partial charge in [0.15, 0.2) is 21.2 Å². The molecule has 0 spiro atoms. The van der Waals surface area contributed by atoms with E-state index in [0.717, 1.165) is 9.47 Å². The molecule has 2 fully saturated rings. The van der Waals surface area contributed by atoms with Crippen molar-refractivity contribution in [2.75, 3.05) is 14.2 Å². The summed E-state index contributed by atoms with van der Waals surface area (Å²) < 4.78 is 8.70. The van der Waals surface area contributed by atoms with E-state index < -0.39 is 44.9 Å². The molecule has 1 N–H and O–H groups in total. The summed E-state index contributed by atoms with van der Waals surface area (Å²) >= 11 is 14.0. The van der Waals surface area contributed by atoms with Gasteiger partial charge in [-0.3, -0.25) is 14.5 Å². The van der Waals surface area contributed by atoms with Crippen LogP contribution in [0, 0.1) is 0 Å². The zero-order valence-corrected chi connectivity index (χ0v) is 19.4. The molecule has 1 aliphatic carbocycles. The predicted octanol–water partition coefficient (Wildman–Crippen LogP) is 0.685. The third-order valence-corrected chi connectivity index (χ3v) is 8.45. The fourth-order valence-corrected chi connectivity index (χ4v) is 6.39. The number of phenolic OH excluding ortho intramolecular Hbond substituents is 1. The average molecular weight is 495 g/mol. The van der Waals surface area contributed by atoms with Crippen molar-refractivity contribution in [3.63, 3.8) is 0 Å². The molecule has 174 valence electrons. The second-order valence-corrected chi connectivity index (χ2v) is 9.73. The summed E-state index contributed by atoms with van der Waals surface area (Å²) in [5.41, 5.74) is -0.374. The van der Waals surface area contributed by atoms with Crippen LogP contribution in [0.25, 0.3) is 0 Å². The number of phenols is 1. The van der Waals surface area contributed by atoms with Gasteiger partial charge in [0.1, 0.15) is 0 Å². The van der Waals surface area contributed by atoms with E-state index in [1.165, 1.54) is 36.6 Å². The number of allylic oxidation sites excluding steroid dienone is 2. The molecule has 0 radical (unpaired) electrons. The lowest BCUT2D eigenvalue weighted by Crippen LogP contribution is -2.59. The summed E-state index contributed by atoms with van der Waals surface area (Å²) in [6, 6.07) is 3.88. The minimum atomic E-state index is -1.98. The average Bonchev–Trinajstić information content (AvgIpc) is 3.09. The number of para-hydroxylation sites is 1. The standard InChI is InChI=1S/C21H20Cl2N4O6/c1-24-16(29)20(22)9-12-10(7-8-26-18(31)25(2)19(32)27(12)26)14(21(20,23)17(24)30)11-5-4-6-13(33-3)15(11)28/h4-7,12,14,28H,8-9H2,1-3H3/t12-,14-,20-,21+/m1/s1. The maximum absolute atomic E-state index is 13.4. The number of alkyl halides is 2. The number of carbonyl (C=O) groups excluding carboxylic acids is 2. The van der Waals surface area contributed by atoms with Crippen LogP contribution in [-0.4, -0.2) is 59.7 Å². The Kier molecular flexibility index (Phi) is 4.48. The van der Waals surface area contributed by atoms with E-state index in [0.29, 0.717) is 5.57 Å². The Bertz CT molecular complexity index is 1390. The Morgan fingerprint density at radius 3 is 2.45 bits per heavy atom. The summed E-state index contributed by atoms with van der Waals surface area (Å²) in [5.74, 6) is -2.62. The second-order valence-electron chi connectivity index (χ2n) is 8.49. The number of benzene rings is 1. The smallest absolute Gasteiger partial charge is 0.347 e. The van der Waals surface area contributed by atoms with E-state index in [4.69, 9.17) is 27.9 Å². The number of halogens is 2. The number of aromatic nitrogens is 3. The number of hydrogen-bond acceptors (Lipinski definition) is 6. The highest BCUT2D eigenvalue weighted by molar-refractivity contribution is 6.53. The zero-order valence-electron chi connectivity index (χ0n) is 17.9. The molecule has 5 rings (SSSR count). The van der Waals surface area contributed by atoms with Crippen molar-refractivity contribution in [3.8, 4) is 11.5 Å². The topological polar surface area (TPSA) is 116 Å². The van der Waals surface area contributed by atoms with Gasteiger partial charge in [-0.15, -0.1) is 23.2 Å². The van der Waals surface area contributed by atoms with Crippen LogP contribution in [0.15, 0.2) is 39.4 Å². The Morgan fingerprint density at radius 2 is 1.79 bits per heavy atom. The molecule has 2 aliphatic heterocycles. The number of nitrogens with zero attached hydrogens (tertiary/aromatic N) is 4. The molecular formula is C21H20Cl2N4O6. The van der Waals surface area contributed by atoms with Gasteiger partial charge in [0, 0.05) is 32.0 Å². The Hall–Kier alpha value is -2.98. The molecule has 0 unspecified atom stereocenters. The van der Waals surface area contributed by atoms with Gasteiger partial charge in [-0.1, -0.05) is 18.2 Å². The number of methoxy groups -OCH3 is 1. The lowest BCUT2D eigenvalue weighted by Gasteiger charge is -2.49. The quantitative estimate of drug-likeness (QED) is 0.373. The number of hydrogen-bond donors (Lipinski definition) is 1. The van der Waals surface area contributed by atoms with Crippen molar-refractivity contribution in [1.82, 2.24) is 18.8 Å². The number of fused-ring (bicyclic) bond motifs is 4. The van der Waals surface area contributed by atoms with Crippen molar-refractivity contribution in [1.29, 1.82) is 0 Å². The third kappa shape index (κ3) is 2.40. The summed E-state index contributed by atoms with van der Waals surface area (Å²) in [5, 5.41) is 11.0. The molecule has 10 nitrogen and oxygen atoms in total. The van der Waals surface area contributed by atoms with Crippen LogP contribution in [0.2, 0.25) is 0 Å². The van der Waals surface area contributed by atoms with E-state index in [9.17, 15) is 24.3 Å². The first-order valence-corrected chi connectivity index (χ1v) is 10.9. The van der Waals surface area contributed by atoms with Gasteiger partial charge in [0.05, 0.1) is 19.7 Å². The molecular weight excluding hydrogens is 475 g/mol. The molecule has 1 saturated carbocycles. The fourth-order valence-electron chi connectivity index (χ4n) is 5.40. The first-order valence-electron chi connectivity index (χ1n) is 10.1. The number of rotatable bonds is 2. The van der Waals surface area contributed by atoms with E-state index >= 15 is 0 Å². The minimum Gasteiger partial charge on any atom is -0.504 e. The molecule has 1 aromatic carbocycles. The molecule has 3 aliphatic rings. The van der Waals surface area contributed by atoms with Crippen molar-refractivity contribution < 1.29 is 19.4 Å². The van der Waals surface area contributed by atoms with Crippen LogP contribution < -0.4 is 16.1 Å². The molecule has 3 heterocycles. The number of carbonyl (C=O) groups is 2. The molecule has 1 saturated heterocycles. The van der Waals surface area contributed by atoms with Gasteiger partial charge in [-0.05, 0) is 11.6 Å². The number of aromatic hydroxyl groups is 1. The van der Waals surface area contributed by atoms with E-state index in [1.54, 1.807) is 18.2 Å². The highest BCUT2D eigenvalue weighted by atomic mass is 35.5. The Labute approximate surface area is 197 Å². The first kappa shape index (κ1) is 21.8. The number of likely N-dealkylation sites (tertiary alicyclic amines) is 1. The van der Waals surface area contributed by atoms with Gasteiger partial charge in [0.25, 0.3) is 11.8 Å². The van der Waals surface area contributed by atoms with Crippen LogP contribution in [0.4, 0.5) is 0 Å². The van der Waals surface area contributed by atoms with Crippen molar-refractivity contribution in [2.24, 2.45) is 7.05 Å². The molecule has 4 atom stereocenters. The fraction of sp³-hybridized carbons (Fsp3) is 0.429. The molecule has 2 aromatic rings. The second kappa shape index (κ2) is 6.77. The largest absolute Gasteiger partial charge is 0.504 e. The molecule has 12 heteroatoms. The van der Waals surface area contributed by atoms with Crippen LogP contribution >= 0.6 is 23.2 Å². The van der Waals surface area contributed by atoms with Crippen molar-refractivity contribution in [2.45, 2.75) is 34.7 Å². The summed E-state index contributed by atoms with van der Waals surface area (Å²) in [6.07, 6.45) is 1.51. The van der Waals surface area contributed by atoms with Crippen molar-refractivity contribution >= 4 is 35.0 Å². The summed E-state index contributed by atoms with van der Waals surface area (Å²) in [6.45, 7) is 0.0439.